The van der Waals surface area contributed by atoms with Crippen LogP contribution in [-0.4, -0.2) is 29.0 Å². The molecule has 0 unspecified atom stereocenters. The van der Waals surface area contributed by atoms with Gasteiger partial charge in [0.25, 0.3) is 10.0 Å². The number of nitrogens with zero attached hydrogens (tertiary/aromatic N) is 3. The van der Waals surface area contributed by atoms with E-state index in [1.54, 1.807) is 42.5 Å². The van der Waals surface area contributed by atoms with Gasteiger partial charge in [0.05, 0.1) is 4.90 Å². The second-order valence-corrected chi connectivity index (χ2v) is 6.42. The summed E-state index contributed by atoms with van der Waals surface area (Å²) in [6, 6.07) is 13.5. The van der Waals surface area contributed by atoms with Crippen molar-refractivity contribution in [2.45, 2.75) is 11.8 Å². The zero-order chi connectivity index (χ0) is 15.6. The molecule has 22 heavy (non-hydrogen) atoms. The van der Waals surface area contributed by atoms with Gasteiger partial charge in [-0.25, -0.2) is 8.42 Å². The van der Waals surface area contributed by atoms with Crippen molar-refractivity contribution in [3.05, 3.63) is 54.1 Å². The van der Waals surface area contributed by atoms with Crippen LogP contribution in [0.15, 0.2) is 53.4 Å². The predicted molar refractivity (Wildman–Crippen MR) is 81.6 cm³/mol. The molecule has 0 amide bonds. The summed E-state index contributed by atoms with van der Waals surface area (Å²) in [4.78, 5) is 0.231. The number of tetrazole rings is 1. The topological polar surface area (TPSA) is 101 Å². The Labute approximate surface area is 127 Å². The van der Waals surface area contributed by atoms with Gasteiger partial charge in [-0.05, 0) is 54.1 Å². The number of H-pyrrole nitrogens is 1. The van der Waals surface area contributed by atoms with Gasteiger partial charge in [-0.15, -0.1) is 10.2 Å². The summed E-state index contributed by atoms with van der Waals surface area (Å²) in [5, 5.41) is 13.6. The van der Waals surface area contributed by atoms with E-state index in [-0.39, 0.29) is 4.90 Å². The Morgan fingerprint density at radius 3 is 2.50 bits per heavy atom. The van der Waals surface area contributed by atoms with Crippen molar-refractivity contribution >= 4 is 15.7 Å². The first kappa shape index (κ1) is 14.2. The van der Waals surface area contributed by atoms with Crippen LogP contribution in [0.4, 0.5) is 5.69 Å². The standard InChI is InChI=1S/C14H13N5O2S/c1-10-3-2-4-13(9-10)22(20,21)17-12-7-5-11(6-8-12)14-15-18-19-16-14/h2-9,17H,1H3,(H,15,16,18,19). The summed E-state index contributed by atoms with van der Waals surface area (Å²) >= 11 is 0. The lowest BCUT2D eigenvalue weighted by atomic mass is 10.2. The highest BCUT2D eigenvalue weighted by molar-refractivity contribution is 7.92. The monoisotopic (exact) mass is 315 g/mol. The highest BCUT2D eigenvalue weighted by Gasteiger charge is 2.14. The minimum atomic E-state index is -3.60. The van der Waals surface area contributed by atoms with Crippen LogP contribution in [0.3, 0.4) is 0 Å². The Balaban J connectivity index is 1.84. The molecule has 0 bridgehead atoms. The summed E-state index contributed by atoms with van der Waals surface area (Å²) in [7, 11) is -3.60. The van der Waals surface area contributed by atoms with Crippen molar-refractivity contribution in [1.82, 2.24) is 20.6 Å². The van der Waals surface area contributed by atoms with E-state index in [2.05, 4.69) is 25.3 Å². The fourth-order valence-electron chi connectivity index (χ4n) is 1.97. The van der Waals surface area contributed by atoms with Crippen LogP contribution in [0.25, 0.3) is 11.4 Å². The Morgan fingerprint density at radius 1 is 1.09 bits per heavy atom. The molecule has 0 atom stereocenters. The maximum Gasteiger partial charge on any atom is 0.261 e. The number of benzene rings is 2. The average molecular weight is 315 g/mol. The molecule has 3 aromatic rings. The normalized spacial score (nSPS) is 11.3. The number of hydrogen-bond acceptors (Lipinski definition) is 5. The van der Waals surface area contributed by atoms with Crippen molar-refractivity contribution in [2.75, 3.05) is 4.72 Å². The first-order valence-corrected chi connectivity index (χ1v) is 7.96. The van der Waals surface area contributed by atoms with Crippen LogP contribution in [0.2, 0.25) is 0 Å². The number of aromatic amines is 1. The van der Waals surface area contributed by atoms with Gasteiger partial charge in [-0.3, -0.25) is 4.72 Å². The summed E-state index contributed by atoms with van der Waals surface area (Å²) in [6.45, 7) is 1.85. The summed E-state index contributed by atoms with van der Waals surface area (Å²) < 4.78 is 27.2. The number of aromatic nitrogens is 4. The Hall–Kier alpha value is -2.74. The lowest BCUT2D eigenvalue weighted by Gasteiger charge is -2.09. The highest BCUT2D eigenvalue weighted by atomic mass is 32.2. The third-order valence-electron chi connectivity index (χ3n) is 3.04. The second kappa shape index (κ2) is 5.57. The maximum absolute atomic E-state index is 12.3. The van der Waals surface area contributed by atoms with E-state index in [1.165, 1.54) is 0 Å². The number of sulfonamides is 1. The minimum absolute atomic E-state index is 0.231. The molecule has 1 heterocycles. The van der Waals surface area contributed by atoms with Crippen LogP contribution in [-0.2, 0) is 10.0 Å². The van der Waals surface area contributed by atoms with Crippen molar-refractivity contribution in [1.29, 1.82) is 0 Å². The van der Waals surface area contributed by atoms with E-state index in [4.69, 9.17) is 0 Å². The molecule has 0 spiro atoms. The first-order valence-electron chi connectivity index (χ1n) is 6.48. The van der Waals surface area contributed by atoms with Gasteiger partial charge < -0.3 is 0 Å². The fraction of sp³-hybridized carbons (Fsp3) is 0.0714. The van der Waals surface area contributed by atoms with Crippen LogP contribution >= 0.6 is 0 Å². The van der Waals surface area contributed by atoms with Crippen molar-refractivity contribution in [2.24, 2.45) is 0 Å². The van der Waals surface area contributed by atoms with E-state index in [9.17, 15) is 8.42 Å². The number of anilines is 1. The fourth-order valence-corrected chi connectivity index (χ4v) is 3.13. The Morgan fingerprint density at radius 2 is 1.86 bits per heavy atom. The molecule has 2 aromatic carbocycles. The molecular formula is C14H13N5O2S. The molecule has 0 aliphatic rings. The van der Waals surface area contributed by atoms with Crippen molar-refractivity contribution in [3.8, 4) is 11.4 Å². The molecule has 112 valence electrons. The molecule has 0 saturated carbocycles. The Bertz CT molecular complexity index is 874. The van der Waals surface area contributed by atoms with E-state index < -0.39 is 10.0 Å². The van der Waals surface area contributed by atoms with Crippen LogP contribution in [0.1, 0.15) is 5.56 Å². The van der Waals surface area contributed by atoms with Gasteiger partial charge in [0, 0.05) is 11.3 Å². The molecule has 0 aliphatic heterocycles. The van der Waals surface area contributed by atoms with Crippen molar-refractivity contribution < 1.29 is 8.42 Å². The molecule has 3 rings (SSSR count). The minimum Gasteiger partial charge on any atom is -0.280 e. The first-order chi connectivity index (χ1) is 10.5. The van der Waals surface area contributed by atoms with E-state index >= 15 is 0 Å². The molecule has 1 aromatic heterocycles. The number of hydrogen-bond donors (Lipinski definition) is 2. The number of nitrogens with one attached hydrogen (secondary N) is 2. The van der Waals surface area contributed by atoms with Crippen LogP contribution < -0.4 is 4.72 Å². The average Bonchev–Trinajstić information content (AvgIpc) is 3.02. The lowest BCUT2D eigenvalue weighted by molar-refractivity contribution is 0.601. The lowest BCUT2D eigenvalue weighted by Crippen LogP contribution is -2.12. The quantitative estimate of drug-likeness (QED) is 0.766. The predicted octanol–water partition coefficient (Wildman–Crippen LogP) is 1.98. The molecule has 0 fully saturated rings. The van der Waals surface area contributed by atoms with Gasteiger partial charge in [0.15, 0.2) is 0 Å². The van der Waals surface area contributed by atoms with Crippen LogP contribution in [0.5, 0.6) is 0 Å². The smallest absolute Gasteiger partial charge is 0.261 e. The van der Waals surface area contributed by atoms with Crippen LogP contribution in [0, 0.1) is 6.92 Å². The van der Waals surface area contributed by atoms with E-state index in [0.717, 1.165) is 11.1 Å². The molecule has 2 N–H and O–H groups in total. The number of aryl methyl sites for hydroxylation is 1. The second-order valence-electron chi connectivity index (χ2n) is 4.73. The molecule has 8 heteroatoms. The largest absolute Gasteiger partial charge is 0.280 e. The molecule has 0 saturated heterocycles. The molecule has 0 radical (unpaired) electrons. The maximum atomic E-state index is 12.3. The summed E-state index contributed by atoms with van der Waals surface area (Å²) in [6.07, 6.45) is 0. The third-order valence-corrected chi connectivity index (χ3v) is 4.42. The van der Waals surface area contributed by atoms with Gasteiger partial charge in [0.1, 0.15) is 0 Å². The zero-order valence-electron chi connectivity index (χ0n) is 11.7. The van der Waals surface area contributed by atoms with E-state index in [0.29, 0.717) is 11.5 Å². The molecule has 0 aliphatic carbocycles. The summed E-state index contributed by atoms with van der Waals surface area (Å²) in [5.41, 5.74) is 2.09. The third kappa shape index (κ3) is 2.96. The van der Waals surface area contributed by atoms with Crippen molar-refractivity contribution in [3.63, 3.8) is 0 Å². The summed E-state index contributed by atoms with van der Waals surface area (Å²) in [5.74, 6) is 0.452. The number of rotatable bonds is 4. The SMILES string of the molecule is Cc1cccc(S(=O)(=O)Nc2ccc(-c3nn[nH]n3)cc2)c1. The van der Waals surface area contributed by atoms with E-state index in [1.807, 2.05) is 13.0 Å². The molecular weight excluding hydrogens is 302 g/mol. The Kier molecular flexibility index (Phi) is 3.60. The van der Waals surface area contributed by atoms with Gasteiger partial charge >= 0.3 is 0 Å². The van der Waals surface area contributed by atoms with Gasteiger partial charge in [0.2, 0.25) is 5.82 Å². The molecule has 7 nitrogen and oxygen atoms in total. The zero-order valence-corrected chi connectivity index (χ0v) is 12.5. The van der Waals surface area contributed by atoms with Gasteiger partial charge in [-0.1, -0.05) is 12.1 Å². The highest BCUT2D eigenvalue weighted by Crippen LogP contribution is 2.20. The van der Waals surface area contributed by atoms with Gasteiger partial charge in [-0.2, -0.15) is 5.21 Å².